The highest BCUT2D eigenvalue weighted by Gasteiger charge is 2.29. The Bertz CT molecular complexity index is 1210. The number of benzene rings is 2. The van der Waals surface area contributed by atoms with Crippen LogP contribution in [0.25, 0.3) is 16.6 Å². The van der Waals surface area contributed by atoms with Crippen molar-refractivity contribution in [1.82, 2.24) is 14.5 Å². The number of unbranched alkanes of at least 4 members (excludes halogenated alkanes) is 3. The first-order chi connectivity index (χ1) is 16.9. The van der Waals surface area contributed by atoms with Crippen molar-refractivity contribution in [3.8, 4) is 5.69 Å². The van der Waals surface area contributed by atoms with Gasteiger partial charge in [-0.3, -0.25) is 14.2 Å². The van der Waals surface area contributed by atoms with Crippen LogP contribution in [0.15, 0.2) is 47.3 Å². The van der Waals surface area contributed by atoms with E-state index in [9.17, 15) is 9.59 Å². The number of aromatic nitrogens is 2. The molecule has 0 N–H and O–H groups in total. The Balaban J connectivity index is 2.20. The summed E-state index contributed by atoms with van der Waals surface area (Å²) >= 11 is 12.1. The number of fused-ring (bicyclic) bond motifs is 1. The van der Waals surface area contributed by atoms with E-state index in [1.807, 2.05) is 49.1 Å². The predicted molar refractivity (Wildman–Crippen MR) is 146 cm³/mol. The Morgan fingerprint density at radius 3 is 2.54 bits per heavy atom. The molecule has 2 aromatic carbocycles. The van der Waals surface area contributed by atoms with Crippen LogP contribution in [-0.4, -0.2) is 32.8 Å². The van der Waals surface area contributed by atoms with E-state index in [-0.39, 0.29) is 17.5 Å². The molecule has 0 saturated heterocycles. The highest BCUT2D eigenvalue weighted by molar-refractivity contribution is 6.30. The van der Waals surface area contributed by atoms with Gasteiger partial charge in [0.1, 0.15) is 5.82 Å². The standard InChI is InChI=1S/C28H35Cl2N3O2/c1-4-6-7-10-18-32(26(34)14-11-17-29)24(5-2)27-31-23-13-9-8-12-22(23)28(35)33(27)25-16-15-21(30)19-20(25)3/h8-9,12-13,15-16,19,24H,4-7,10-11,14,17-18H2,1-3H3. The molecule has 35 heavy (non-hydrogen) atoms. The minimum atomic E-state index is -0.341. The molecule has 0 aliphatic heterocycles. The summed E-state index contributed by atoms with van der Waals surface area (Å²) in [5.41, 5.74) is 2.09. The molecular formula is C28H35Cl2N3O2. The zero-order valence-electron chi connectivity index (χ0n) is 20.9. The summed E-state index contributed by atoms with van der Waals surface area (Å²) in [5.74, 6) is 1.07. The molecule has 1 amide bonds. The third-order valence-electron chi connectivity index (χ3n) is 6.36. The summed E-state index contributed by atoms with van der Waals surface area (Å²) in [6.45, 7) is 6.77. The molecule has 5 nitrogen and oxygen atoms in total. The molecule has 1 aromatic heterocycles. The number of rotatable bonds is 12. The number of amides is 1. The summed E-state index contributed by atoms with van der Waals surface area (Å²) in [4.78, 5) is 34.1. The molecule has 1 heterocycles. The lowest BCUT2D eigenvalue weighted by Crippen LogP contribution is -2.39. The lowest BCUT2D eigenvalue weighted by molar-refractivity contribution is -0.134. The number of halogens is 2. The van der Waals surface area contributed by atoms with Gasteiger partial charge in [-0.25, -0.2) is 4.98 Å². The van der Waals surface area contributed by atoms with Crippen molar-refractivity contribution >= 4 is 40.0 Å². The molecule has 0 fully saturated rings. The van der Waals surface area contributed by atoms with Gasteiger partial charge in [0.15, 0.2) is 0 Å². The molecule has 0 spiro atoms. The first kappa shape index (κ1) is 27.2. The van der Waals surface area contributed by atoms with Crippen LogP contribution in [0.5, 0.6) is 0 Å². The molecule has 1 atom stereocenters. The van der Waals surface area contributed by atoms with Gasteiger partial charge in [-0.15, -0.1) is 11.6 Å². The monoisotopic (exact) mass is 515 g/mol. The molecule has 188 valence electrons. The van der Waals surface area contributed by atoms with Crippen molar-refractivity contribution in [3.63, 3.8) is 0 Å². The van der Waals surface area contributed by atoms with E-state index in [1.165, 1.54) is 0 Å². The van der Waals surface area contributed by atoms with Crippen LogP contribution in [0.2, 0.25) is 5.02 Å². The van der Waals surface area contributed by atoms with Gasteiger partial charge in [0.05, 0.1) is 22.6 Å². The fourth-order valence-electron chi connectivity index (χ4n) is 4.54. The zero-order valence-corrected chi connectivity index (χ0v) is 22.4. The van der Waals surface area contributed by atoms with Crippen LogP contribution in [0.4, 0.5) is 0 Å². The Morgan fingerprint density at radius 1 is 1.09 bits per heavy atom. The number of carbonyl (C=O) groups excluding carboxylic acids is 1. The first-order valence-electron chi connectivity index (χ1n) is 12.6. The third-order valence-corrected chi connectivity index (χ3v) is 6.86. The number of hydrogen-bond acceptors (Lipinski definition) is 3. The second-order valence-corrected chi connectivity index (χ2v) is 9.74. The highest BCUT2D eigenvalue weighted by atomic mass is 35.5. The van der Waals surface area contributed by atoms with Gasteiger partial charge >= 0.3 is 0 Å². The van der Waals surface area contributed by atoms with Gasteiger partial charge in [0.2, 0.25) is 5.91 Å². The number of alkyl halides is 1. The Hall–Kier alpha value is -2.37. The van der Waals surface area contributed by atoms with Crippen LogP contribution in [0.1, 0.15) is 76.2 Å². The lowest BCUT2D eigenvalue weighted by atomic mass is 10.1. The maximum absolute atomic E-state index is 13.8. The summed E-state index contributed by atoms with van der Waals surface area (Å²) in [6, 6.07) is 12.5. The van der Waals surface area contributed by atoms with Gasteiger partial charge in [0.25, 0.3) is 5.56 Å². The van der Waals surface area contributed by atoms with E-state index in [1.54, 1.807) is 16.7 Å². The molecular weight excluding hydrogens is 481 g/mol. The van der Waals surface area contributed by atoms with Crippen molar-refractivity contribution in [2.75, 3.05) is 12.4 Å². The zero-order chi connectivity index (χ0) is 25.4. The van der Waals surface area contributed by atoms with Gasteiger partial charge in [0, 0.05) is 23.9 Å². The molecule has 0 aliphatic carbocycles. The number of aryl methyl sites for hydroxylation is 1. The number of carbonyl (C=O) groups is 1. The minimum Gasteiger partial charge on any atom is -0.333 e. The van der Waals surface area contributed by atoms with Crippen LogP contribution < -0.4 is 5.56 Å². The molecule has 0 radical (unpaired) electrons. The van der Waals surface area contributed by atoms with Crippen LogP contribution in [-0.2, 0) is 4.79 Å². The Morgan fingerprint density at radius 2 is 1.86 bits per heavy atom. The van der Waals surface area contributed by atoms with E-state index in [0.717, 1.165) is 36.9 Å². The van der Waals surface area contributed by atoms with Gasteiger partial charge in [-0.05, 0) is 62.1 Å². The summed E-state index contributed by atoms with van der Waals surface area (Å²) in [7, 11) is 0. The second kappa shape index (κ2) is 13.1. The van der Waals surface area contributed by atoms with Crippen LogP contribution >= 0.6 is 23.2 Å². The van der Waals surface area contributed by atoms with Crippen LogP contribution in [0, 0.1) is 6.92 Å². The largest absolute Gasteiger partial charge is 0.333 e. The average Bonchev–Trinajstić information content (AvgIpc) is 2.85. The van der Waals surface area contributed by atoms with Gasteiger partial charge in [-0.1, -0.05) is 56.8 Å². The smallest absolute Gasteiger partial charge is 0.266 e. The fourth-order valence-corrected chi connectivity index (χ4v) is 4.90. The van der Waals surface area contributed by atoms with Crippen LogP contribution in [0.3, 0.4) is 0 Å². The summed E-state index contributed by atoms with van der Waals surface area (Å²) < 4.78 is 1.68. The van der Waals surface area contributed by atoms with E-state index in [0.29, 0.717) is 53.4 Å². The molecule has 7 heteroatoms. The lowest BCUT2D eigenvalue weighted by Gasteiger charge is -2.33. The van der Waals surface area contributed by atoms with E-state index in [2.05, 4.69) is 6.92 Å². The van der Waals surface area contributed by atoms with E-state index >= 15 is 0 Å². The molecule has 1 unspecified atom stereocenters. The Labute approximate surface area is 218 Å². The minimum absolute atomic E-state index is 0.0517. The number of nitrogens with zero attached hydrogens (tertiary/aromatic N) is 3. The van der Waals surface area contributed by atoms with E-state index < -0.39 is 0 Å². The second-order valence-electron chi connectivity index (χ2n) is 8.92. The van der Waals surface area contributed by atoms with Crippen molar-refractivity contribution < 1.29 is 4.79 Å². The van der Waals surface area contributed by atoms with Gasteiger partial charge in [-0.2, -0.15) is 0 Å². The van der Waals surface area contributed by atoms with Gasteiger partial charge < -0.3 is 4.90 Å². The van der Waals surface area contributed by atoms with E-state index in [4.69, 9.17) is 28.2 Å². The Kier molecular flexibility index (Phi) is 10.2. The highest BCUT2D eigenvalue weighted by Crippen LogP contribution is 2.29. The quantitative estimate of drug-likeness (QED) is 0.189. The topological polar surface area (TPSA) is 55.2 Å². The molecule has 0 saturated carbocycles. The normalized spacial score (nSPS) is 12.1. The molecule has 0 aliphatic rings. The SMILES string of the molecule is CCCCCCN(C(=O)CCCCl)C(CC)c1nc2ccccc2c(=O)n1-c1ccc(Cl)cc1C. The summed E-state index contributed by atoms with van der Waals surface area (Å²) in [6.07, 6.45) is 5.86. The molecule has 0 bridgehead atoms. The summed E-state index contributed by atoms with van der Waals surface area (Å²) in [5, 5.41) is 1.15. The fraction of sp³-hybridized carbons (Fsp3) is 0.464. The molecule has 3 aromatic rings. The van der Waals surface area contributed by atoms with Crippen molar-refractivity contribution in [2.45, 2.75) is 71.8 Å². The number of hydrogen-bond donors (Lipinski definition) is 0. The predicted octanol–water partition coefficient (Wildman–Crippen LogP) is 7.23. The first-order valence-corrected chi connectivity index (χ1v) is 13.5. The molecule has 3 rings (SSSR count). The maximum Gasteiger partial charge on any atom is 0.266 e. The van der Waals surface area contributed by atoms with Crippen molar-refractivity contribution in [1.29, 1.82) is 0 Å². The number of para-hydroxylation sites is 1. The van der Waals surface area contributed by atoms with Crippen molar-refractivity contribution in [2.24, 2.45) is 0 Å². The van der Waals surface area contributed by atoms with Crippen molar-refractivity contribution in [3.05, 3.63) is 69.2 Å². The maximum atomic E-state index is 13.8. The average molecular weight is 517 g/mol. The third kappa shape index (κ3) is 6.45.